The number of nitrogens with zero attached hydrogens (tertiary/aromatic N) is 2. The quantitative estimate of drug-likeness (QED) is 0.766. The van der Waals surface area contributed by atoms with Gasteiger partial charge in [-0.25, -0.2) is 4.68 Å². The van der Waals surface area contributed by atoms with Gasteiger partial charge in [-0.2, -0.15) is 5.10 Å². The first-order valence-electron chi connectivity index (χ1n) is 11.2. The Hall–Kier alpha value is -1.56. The number of carboxylic acids is 1. The van der Waals surface area contributed by atoms with E-state index in [1.54, 1.807) is 6.20 Å². The number of anilines is 1. The van der Waals surface area contributed by atoms with E-state index in [0.717, 1.165) is 38.5 Å². The lowest BCUT2D eigenvalue weighted by Crippen LogP contribution is -2.63. The molecule has 1 heterocycles. The van der Waals surface area contributed by atoms with Crippen molar-refractivity contribution in [1.29, 1.82) is 0 Å². The van der Waals surface area contributed by atoms with Crippen LogP contribution in [-0.2, 0) is 10.3 Å². The molecule has 0 radical (unpaired) electrons. The van der Waals surface area contributed by atoms with E-state index in [9.17, 15) is 14.7 Å². The average Bonchev–Trinajstić information content (AvgIpc) is 2.66. The van der Waals surface area contributed by atoms with E-state index in [2.05, 4.69) is 17.3 Å². The van der Waals surface area contributed by atoms with Crippen LogP contribution in [0.15, 0.2) is 11.0 Å². The fourth-order valence-electron chi connectivity index (χ4n) is 7.31. The molecule has 5 fully saturated rings. The van der Waals surface area contributed by atoms with Gasteiger partial charge in [-0.15, -0.1) is 0 Å². The van der Waals surface area contributed by atoms with Crippen LogP contribution in [0, 0.1) is 29.6 Å². The van der Waals surface area contributed by atoms with Crippen LogP contribution in [0.5, 0.6) is 0 Å². The molecule has 0 unspecified atom stereocenters. The monoisotopic (exact) mass is 419 g/mol. The molecule has 0 aromatic carbocycles. The summed E-state index contributed by atoms with van der Waals surface area (Å²) in [7, 11) is 0. The summed E-state index contributed by atoms with van der Waals surface area (Å²) in [5, 5.41) is 18.2. The van der Waals surface area contributed by atoms with E-state index < -0.39 is 17.4 Å². The first-order valence-corrected chi connectivity index (χ1v) is 11.5. The van der Waals surface area contributed by atoms with Crippen LogP contribution in [0.4, 0.5) is 5.69 Å². The molecule has 1 aromatic heterocycles. The fourth-order valence-corrected chi connectivity index (χ4v) is 7.50. The van der Waals surface area contributed by atoms with Crippen molar-refractivity contribution >= 4 is 23.3 Å². The summed E-state index contributed by atoms with van der Waals surface area (Å²) in [6.45, 7) is 2.23. The summed E-state index contributed by atoms with van der Waals surface area (Å²) in [5.41, 5.74) is -0.477. The predicted molar refractivity (Wildman–Crippen MR) is 111 cm³/mol. The van der Waals surface area contributed by atoms with Crippen LogP contribution in [0.2, 0.25) is 5.02 Å². The number of hydrogen-bond acceptors (Lipinski definition) is 4. The number of aromatic nitrogens is 2. The summed E-state index contributed by atoms with van der Waals surface area (Å²) in [6, 6.07) is 0.296. The Morgan fingerprint density at radius 2 is 1.93 bits per heavy atom. The third-order valence-corrected chi connectivity index (χ3v) is 8.70. The van der Waals surface area contributed by atoms with Crippen LogP contribution in [0.3, 0.4) is 0 Å². The number of rotatable bonds is 4. The molecule has 7 heteroatoms. The number of nitrogens with one attached hydrogen (secondary N) is 1. The number of hydrogen-bond donors (Lipinski definition) is 2. The number of carbonyl (C=O) groups is 1. The molecule has 158 valence electrons. The first kappa shape index (κ1) is 19.4. The molecule has 0 spiro atoms. The summed E-state index contributed by atoms with van der Waals surface area (Å²) in [6.07, 6.45) is 10.9. The van der Waals surface area contributed by atoms with E-state index in [1.807, 2.05) is 0 Å². The normalized spacial score (nSPS) is 40.8. The van der Waals surface area contributed by atoms with Crippen molar-refractivity contribution in [1.82, 2.24) is 9.78 Å². The summed E-state index contributed by atoms with van der Waals surface area (Å²) >= 11 is 6.55. The number of carboxylic acid groups (broad SMARTS) is 1. The lowest BCUT2D eigenvalue weighted by atomic mass is 9.48. The molecule has 5 atom stereocenters. The van der Waals surface area contributed by atoms with E-state index in [1.165, 1.54) is 23.9 Å². The Bertz CT molecular complexity index is 871. The summed E-state index contributed by atoms with van der Waals surface area (Å²) < 4.78 is 1.47. The molecule has 5 aliphatic rings. The second-order valence-corrected chi connectivity index (χ2v) is 10.5. The molecule has 0 saturated heterocycles. The highest BCUT2D eigenvalue weighted by molar-refractivity contribution is 6.32. The lowest BCUT2D eigenvalue weighted by molar-refractivity contribution is -0.168. The minimum Gasteiger partial charge on any atom is -0.481 e. The van der Waals surface area contributed by atoms with Gasteiger partial charge >= 0.3 is 5.97 Å². The average molecular weight is 420 g/mol. The van der Waals surface area contributed by atoms with Crippen molar-refractivity contribution < 1.29 is 9.90 Å². The molecule has 2 N–H and O–H groups in total. The summed E-state index contributed by atoms with van der Waals surface area (Å²) in [5.74, 6) is 0.326. The predicted octanol–water partition coefficient (Wildman–Crippen LogP) is 4.12. The van der Waals surface area contributed by atoms with Gasteiger partial charge in [0, 0.05) is 6.04 Å². The zero-order chi connectivity index (χ0) is 20.3. The second-order valence-electron chi connectivity index (χ2n) is 10.1. The molecular weight excluding hydrogens is 390 g/mol. The van der Waals surface area contributed by atoms with E-state index in [0.29, 0.717) is 29.5 Å². The maximum absolute atomic E-state index is 13.3. The minimum atomic E-state index is -0.795. The van der Waals surface area contributed by atoms with Gasteiger partial charge in [0.25, 0.3) is 5.56 Å². The molecule has 29 heavy (non-hydrogen) atoms. The smallest absolute Gasteiger partial charge is 0.309 e. The van der Waals surface area contributed by atoms with Gasteiger partial charge in [0.2, 0.25) is 0 Å². The Balaban J connectivity index is 1.52. The van der Waals surface area contributed by atoms with Gasteiger partial charge in [0.15, 0.2) is 0 Å². The SMILES string of the molecule is C[C@@H]1CCCC[C@@H]1Nc1cnn(C23C[C@@H]4CC(C[C@H](C4)C2)[C@@H]3C(=O)O)c(=O)c1Cl. The van der Waals surface area contributed by atoms with E-state index in [4.69, 9.17) is 11.6 Å². The highest BCUT2D eigenvalue weighted by Crippen LogP contribution is 2.61. The number of aliphatic carboxylic acids is 1. The highest BCUT2D eigenvalue weighted by Gasteiger charge is 2.61. The van der Waals surface area contributed by atoms with Crippen LogP contribution in [-0.4, -0.2) is 26.9 Å². The maximum atomic E-state index is 13.3. The molecule has 1 aromatic rings. The van der Waals surface area contributed by atoms with Crippen molar-refractivity contribution in [3.8, 4) is 0 Å². The van der Waals surface area contributed by atoms with Crippen LogP contribution in [0.1, 0.15) is 64.7 Å². The van der Waals surface area contributed by atoms with Crippen molar-refractivity contribution in [2.75, 3.05) is 5.32 Å². The van der Waals surface area contributed by atoms with Crippen molar-refractivity contribution in [3.63, 3.8) is 0 Å². The van der Waals surface area contributed by atoms with Crippen LogP contribution in [0.25, 0.3) is 0 Å². The van der Waals surface area contributed by atoms with Gasteiger partial charge in [-0.05, 0) is 68.6 Å². The Labute approximate surface area is 176 Å². The van der Waals surface area contributed by atoms with Crippen molar-refractivity contribution in [2.24, 2.45) is 29.6 Å². The molecule has 5 aliphatic carbocycles. The highest BCUT2D eigenvalue weighted by atomic mass is 35.5. The zero-order valence-electron chi connectivity index (χ0n) is 16.9. The molecule has 4 bridgehead atoms. The van der Waals surface area contributed by atoms with Gasteiger partial charge in [0.1, 0.15) is 5.02 Å². The standard InChI is InChI=1S/C22H30ClN3O3/c1-12-4-2-3-5-16(12)25-17-11-24-26(20(27)19(17)23)22-9-13-6-14(10-22)8-15(7-13)18(22)21(28)29/h11-16,18,25H,2-10H2,1H3,(H,28,29)/t12-,13+,14+,15?,16+,18-,22?/m1/s1. The fraction of sp³-hybridized carbons (Fsp3) is 0.773. The Morgan fingerprint density at radius 1 is 1.24 bits per heavy atom. The lowest BCUT2D eigenvalue weighted by Gasteiger charge is -2.59. The topological polar surface area (TPSA) is 84.2 Å². The molecule has 0 aliphatic heterocycles. The second kappa shape index (κ2) is 7.00. The van der Waals surface area contributed by atoms with Gasteiger partial charge in [0.05, 0.1) is 23.3 Å². The van der Waals surface area contributed by atoms with Crippen molar-refractivity contribution in [2.45, 2.75) is 76.3 Å². The largest absolute Gasteiger partial charge is 0.481 e. The van der Waals surface area contributed by atoms with Crippen LogP contribution >= 0.6 is 11.6 Å². The van der Waals surface area contributed by atoms with Gasteiger partial charge < -0.3 is 10.4 Å². The van der Waals surface area contributed by atoms with Crippen LogP contribution < -0.4 is 10.9 Å². The summed E-state index contributed by atoms with van der Waals surface area (Å²) in [4.78, 5) is 25.6. The maximum Gasteiger partial charge on any atom is 0.309 e. The van der Waals surface area contributed by atoms with Gasteiger partial charge in [-0.1, -0.05) is 31.4 Å². The molecule has 0 amide bonds. The molecule has 6 rings (SSSR count). The number of halogens is 1. The molecule has 6 nitrogen and oxygen atoms in total. The van der Waals surface area contributed by atoms with E-state index >= 15 is 0 Å². The van der Waals surface area contributed by atoms with E-state index in [-0.39, 0.29) is 16.5 Å². The minimum absolute atomic E-state index is 0.145. The Morgan fingerprint density at radius 3 is 2.59 bits per heavy atom. The third-order valence-electron chi connectivity index (χ3n) is 8.33. The first-order chi connectivity index (χ1) is 13.9. The molecular formula is C22H30ClN3O3. The Kier molecular flexibility index (Phi) is 4.68. The molecule has 5 saturated carbocycles. The van der Waals surface area contributed by atoms with Crippen molar-refractivity contribution in [3.05, 3.63) is 21.6 Å². The van der Waals surface area contributed by atoms with Gasteiger partial charge in [-0.3, -0.25) is 9.59 Å². The zero-order valence-corrected chi connectivity index (χ0v) is 17.7. The third kappa shape index (κ3) is 3.01.